The van der Waals surface area contributed by atoms with Crippen LogP contribution in [0.25, 0.3) is 0 Å². The average Bonchev–Trinajstić information content (AvgIpc) is 3.07. The van der Waals surface area contributed by atoms with Gasteiger partial charge >= 0.3 is 0 Å². The maximum absolute atomic E-state index is 11.9. The normalized spacial score (nSPS) is 16.9. The number of hydrogen-bond donors (Lipinski definition) is 2. The highest BCUT2D eigenvalue weighted by molar-refractivity contribution is 5.98. The van der Waals surface area contributed by atoms with Gasteiger partial charge in [0.1, 0.15) is 0 Å². The van der Waals surface area contributed by atoms with E-state index < -0.39 is 0 Å². The molecule has 4 nitrogen and oxygen atoms in total. The van der Waals surface area contributed by atoms with Crippen LogP contribution in [0.15, 0.2) is 18.5 Å². The molecule has 1 saturated carbocycles. The first-order valence-corrected chi connectivity index (χ1v) is 6.03. The van der Waals surface area contributed by atoms with E-state index in [-0.39, 0.29) is 5.91 Å². The van der Waals surface area contributed by atoms with Gasteiger partial charge in [-0.1, -0.05) is 13.8 Å². The summed E-state index contributed by atoms with van der Waals surface area (Å²) >= 11 is 0. The average molecular weight is 233 g/mol. The topological polar surface area (TPSA) is 68.0 Å². The van der Waals surface area contributed by atoms with Gasteiger partial charge in [0.15, 0.2) is 0 Å². The molecule has 0 radical (unpaired) electrons. The number of nitrogens with one attached hydrogen (secondary N) is 1. The molecule has 0 unspecified atom stereocenters. The second kappa shape index (κ2) is 4.35. The minimum Gasteiger partial charge on any atom is -0.397 e. The summed E-state index contributed by atoms with van der Waals surface area (Å²) in [6, 6.07) is 1.65. The Morgan fingerprint density at radius 1 is 1.59 bits per heavy atom. The van der Waals surface area contributed by atoms with Gasteiger partial charge < -0.3 is 11.1 Å². The number of amides is 1. The zero-order chi connectivity index (χ0) is 12.5. The molecule has 0 aliphatic heterocycles. The molecule has 1 fully saturated rings. The lowest BCUT2D eigenvalue weighted by Gasteiger charge is -2.20. The Balaban J connectivity index is 1.97. The third kappa shape index (κ3) is 2.40. The first-order chi connectivity index (χ1) is 8.05. The van der Waals surface area contributed by atoms with Crippen molar-refractivity contribution in [2.75, 3.05) is 12.3 Å². The Morgan fingerprint density at radius 2 is 2.29 bits per heavy atom. The van der Waals surface area contributed by atoms with E-state index in [1.807, 2.05) is 0 Å². The van der Waals surface area contributed by atoms with Crippen molar-refractivity contribution in [2.45, 2.75) is 26.7 Å². The number of aromatic nitrogens is 1. The molecule has 2 rings (SSSR count). The quantitative estimate of drug-likeness (QED) is 0.833. The molecule has 1 amide bonds. The highest BCUT2D eigenvalue weighted by Gasteiger charge is 2.45. The van der Waals surface area contributed by atoms with Crippen LogP contribution in [0.5, 0.6) is 0 Å². The summed E-state index contributed by atoms with van der Waals surface area (Å²) in [5, 5.41) is 2.98. The summed E-state index contributed by atoms with van der Waals surface area (Å²) in [4.78, 5) is 15.8. The molecule has 3 N–H and O–H groups in total. The van der Waals surface area contributed by atoms with Crippen molar-refractivity contribution in [3.8, 4) is 0 Å². The van der Waals surface area contributed by atoms with Crippen molar-refractivity contribution in [3.05, 3.63) is 24.0 Å². The predicted molar refractivity (Wildman–Crippen MR) is 67.5 cm³/mol. The third-order valence-corrected chi connectivity index (χ3v) is 3.81. The van der Waals surface area contributed by atoms with Crippen molar-refractivity contribution in [1.29, 1.82) is 0 Å². The molecular weight excluding hydrogens is 214 g/mol. The Bertz CT molecular complexity index is 424. The van der Waals surface area contributed by atoms with Gasteiger partial charge in [0.2, 0.25) is 0 Å². The molecular formula is C13H19N3O. The molecule has 0 spiro atoms. The highest BCUT2D eigenvalue weighted by Crippen LogP contribution is 2.51. The van der Waals surface area contributed by atoms with Crippen molar-refractivity contribution in [1.82, 2.24) is 10.3 Å². The number of nitrogens with two attached hydrogens (primary N) is 1. The molecule has 0 bridgehead atoms. The molecule has 0 saturated heterocycles. The fourth-order valence-electron chi connectivity index (χ4n) is 2.08. The summed E-state index contributed by atoms with van der Waals surface area (Å²) < 4.78 is 0. The standard InChI is InChI=1S/C13H19N3O/c1-9(2)13(4-5-13)8-16-12(17)10-3-6-15-7-11(10)14/h3,6-7,9H,4-5,8,14H2,1-2H3,(H,16,17). The maximum atomic E-state index is 11.9. The van der Waals surface area contributed by atoms with Crippen LogP contribution in [0, 0.1) is 11.3 Å². The molecule has 0 aromatic carbocycles. The number of carbonyl (C=O) groups is 1. The van der Waals surface area contributed by atoms with Crippen molar-refractivity contribution in [3.63, 3.8) is 0 Å². The van der Waals surface area contributed by atoms with Crippen LogP contribution < -0.4 is 11.1 Å². The van der Waals surface area contributed by atoms with Crippen LogP contribution in [-0.4, -0.2) is 17.4 Å². The molecule has 4 heteroatoms. The Kier molecular flexibility index (Phi) is 3.05. The minimum absolute atomic E-state index is 0.100. The van der Waals surface area contributed by atoms with Gasteiger partial charge in [-0.3, -0.25) is 9.78 Å². The molecule has 1 aromatic rings. The van der Waals surface area contributed by atoms with E-state index in [4.69, 9.17) is 5.73 Å². The Labute approximate surface area is 102 Å². The lowest BCUT2D eigenvalue weighted by Crippen LogP contribution is -2.33. The zero-order valence-electron chi connectivity index (χ0n) is 10.4. The first-order valence-electron chi connectivity index (χ1n) is 6.03. The maximum Gasteiger partial charge on any atom is 0.253 e. The second-order valence-electron chi connectivity index (χ2n) is 5.16. The zero-order valence-corrected chi connectivity index (χ0v) is 10.4. The SMILES string of the molecule is CC(C)C1(CNC(=O)c2ccncc2N)CC1. The molecule has 1 aromatic heterocycles. The van der Waals surface area contributed by atoms with Crippen molar-refractivity contribution < 1.29 is 4.79 Å². The van der Waals surface area contributed by atoms with E-state index >= 15 is 0 Å². The smallest absolute Gasteiger partial charge is 0.253 e. The van der Waals surface area contributed by atoms with Crippen LogP contribution >= 0.6 is 0 Å². The van der Waals surface area contributed by atoms with Crippen LogP contribution in [-0.2, 0) is 0 Å². The number of nitrogens with zero attached hydrogens (tertiary/aromatic N) is 1. The number of pyridine rings is 1. The van der Waals surface area contributed by atoms with Crippen molar-refractivity contribution >= 4 is 11.6 Å². The molecule has 17 heavy (non-hydrogen) atoms. The predicted octanol–water partition coefficient (Wildman–Crippen LogP) is 1.83. The van der Waals surface area contributed by atoms with Crippen molar-refractivity contribution in [2.24, 2.45) is 11.3 Å². The van der Waals surface area contributed by atoms with Gasteiger partial charge in [0, 0.05) is 12.7 Å². The Morgan fingerprint density at radius 3 is 2.82 bits per heavy atom. The summed E-state index contributed by atoms with van der Waals surface area (Å²) in [6.07, 6.45) is 5.50. The van der Waals surface area contributed by atoms with Crippen LogP contribution in [0.4, 0.5) is 5.69 Å². The van der Waals surface area contributed by atoms with Crippen LogP contribution in [0.3, 0.4) is 0 Å². The second-order valence-corrected chi connectivity index (χ2v) is 5.16. The summed E-state index contributed by atoms with van der Waals surface area (Å²) in [5.74, 6) is 0.509. The van der Waals surface area contributed by atoms with E-state index in [9.17, 15) is 4.79 Å². The summed E-state index contributed by atoms with van der Waals surface area (Å²) in [7, 11) is 0. The number of carbonyl (C=O) groups excluding carboxylic acids is 1. The van der Waals surface area contributed by atoms with Gasteiger partial charge in [0.05, 0.1) is 17.4 Å². The number of hydrogen-bond acceptors (Lipinski definition) is 3. The third-order valence-electron chi connectivity index (χ3n) is 3.81. The lowest BCUT2D eigenvalue weighted by atomic mass is 9.92. The molecule has 1 heterocycles. The van der Waals surface area contributed by atoms with E-state index in [2.05, 4.69) is 24.1 Å². The number of rotatable bonds is 4. The monoisotopic (exact) mass is 233 g/mol. The Hall–Kier alpha value is -1.58. The van der Waals surface area contributed by atoms with E-state index in [0.717, 1.165) is 6.54 Å². The molecule has 92 valence electrons. The minimum atomic E-state index is -0.100. The fraction of sp³-hybridized carbons (Fsp3) is 0.538. The van der Waals surface area contributed by atoms with E-state index in [1.54, 1.807) is 12.3 Å². The number of nitrogen functional groups attached to an aromatic ring is 1. The van der Waals surface area contributed by atoms with E-state index in [0.29, 0.717) is 22.6 Å². The van der Waals surface area contributed by atoms with Gasteiger partial charge in [-0.25, -0.2) is 0 Å². The largest absolute Gasteiger partial charge is 0.397 e. The lowest BCUT2D eigenvalue weighted by molar-refractivity contribution is 0.0940. The van der Waals surface area contributed by atoms with Crippen LogP contribution in [0.2, 0.25) is 0 Å². The fourth-order valence-corrected chi connectivity index (χ4v) is 2.08. The van der Waals surface area contributed by atoms with Gasteiger partial charge in [-0.2, -0.15) is 0 Å². The van der Waals surface area contributed by atoms with Gasteiger partial charge in [0.25, 0.3) is 5.91 Å². The molecule has 0 atom stereocenters. The summed E-state index contributed by atoms with van der Waals surface area (Å²) in [5.41, 5.74) is 6.97. The number of anilines is 1. The highest BCUT2D eigenvalue weighted by atomic mass is 16.1. The van der Waals surface area contributed by atoms with Gasteiger partial charge in [-0.15, -0.1) is 0 Å². The van der Waals surface area contributed by atoms with E-state index in [1.165, 1.54) is 19.0 Å². The molecule has 1 aliphatic rings. The summed E-state index contributed by atoms with van der Waals surface area (Å²) in [6.45, 7) is 5.16. The molecule has 1 aliphatic carbocycles. The van der Waals surface area contributed by atoms with Crippen LogP contribution in [0.1, 0.15) is 37.0 Å². The van der Waals surface area contributed by atoms with Gasteiger partial charge in [-0.05, 0) is 30.2 Å². The first kappa shape index (κ1) is 11.9.